The fourth-order valence-corrected chi connectivity index (χ4v) is 4.51. The van der Waals surface area contributed by atoms with Gasteiger partial charge in [0.1, 0.15) is 18.0 Å². The van der Waals surface area contributed by atoms with E-state index in [1.807, 2.05) is 73.7 Å². The SMILES string of the molecule is COc1ccc2c(c1)c(-c1nn(Cc3ccccc3)c(=O)c3ccccc13)c(C)n2CC(=O)O. The van der Waals surface area contributed by atoms with Crippen molar-refractivity contribution >= 4 is 27.6 Å². The molecule has 2 aromatic heterocycles. The van der Waals surface area contributed by atoms with Crippen molar-refractivity contribution in [2.75, 3.05) is 7.11 Å². The van der Waals surface area contributed by atoms with Gasteiger partial charge < -0.3 is 14.4 Å². The first-order chi connectivity index (χ1) is 16.5. The molecular formula is C27H23N3O4. The van der Waals surface area contributed by atoms with E-state index in [1.54, 1.807) is 17.7 Å². The lowest BCUT2D eigenvalue weighted by atomic mass is 10.0. The highest BCUT2D eigenvalue weighted by Crippen LogP contribution is 2.38. The van der Waals surface area contributed by atoms with E-state index < -0.39 is 5.97 Å². The average Bonchev–Trinajstić information content (AvgIpc) is 3.11. The Bertz CT molecular complexity index is 1600. The minimum Gasteiger partial charge on any atom is -0.497 e. The molecule has 2 heterocycles. The van der Waals surface area contributed by atoms with Crippen LogP contribution in [0.3, 0.4) is 0 Å². The van der Waals surface area contributed by atoms with Crippen molar-refractivity contribution in [2.45, 2.75) is 20.0 Å². The van der Waals surface area contributed by atoms with Crippen molar-refractivity contribution < 1.29 is 14.6 Å². The number of fused-ring (bicyclic) bond motifs is 2. The van der Waals surface area contributed by atoms with E-state index in [2.05, 4.69) is 0 Å². The van der Waals surface area contributed by atoms with Gasteiger partial charge in [-0.15, -0.1) is 0 Å². The molecule has 0 aliphatic heterocycles. The fourth-order valence-electron chi connectivity index (χ4n) is 4.51. The van der Waals surface area contributed by atoms with Crippen molar-refractivity contribution in [1.82, 2.24) is 14.3 Å². The molecule has 0 unspecified atom stereocenters. The van der Waals surface area contributed by atoms with Crippen LogP contribution < -0.4 is 10.3 Å². The predicted molar refractivity (Wildman–Crippen MR) is 131 cm³/mol. The Labute approximate surface area is 195 Å². The van der Waals surface area contributed by atoms with Gasteiger partial charge in [-0.3, -0.25) is 9.59 Å². The zero-order chi connectivity index (χ0) is 23.8. The second kappa shape index (κ2) is 8.51. The standard InChI is InChI=1S/C27H23N3O4/c1-17-25(22-14-19(34-2)12-13-23(22)29(17)16-24(31)32)26-20-10-6-7-11-21(20)27(33)30(28-26)15-18-8-4-3-5-9-18/h3-14H,15-16H2,1-2H3,(H,31,32). The smallest absolute Gasteiger partial charge is 0.323 e. The molecule has 0 amide bonds. The van der Waals surface area contributed by atoms with Crippen LogP contribution in [0.4, 0.5) is 0 Å². The molecule has 0 radical (unpaired) electrons. The summed E-state index contributed by atoms with van der Waals surface area (Å²) < 4.78 is 8.69. The number of methoxy groups -OCH3 is 1. The summed E-state index contributed by atoms with van der Waals surface area (Å²) in [6.45, 7) is 2.03. The van der Waals surface area contributed by atoms with Gasteiger partial charge in [0.2, 0.25) is 0 Å². The van der Waals surface area contributed by atoms with Crippen LogP contribution >= 0.6 is 0 Å². The van der Waals surface area contributed by atoms with Gasteiger partial charge in [-0.2, -0.15) is 5.10 Å². The van der Waals surface area contributed by atoms with E-state index in [-0.39, 0.29) is 12.1 Å². The molecule has 0 aliphatic rings. The van der Waals surface area contributed by atoms with E-state index in [1.165, 1.54) is 4.68 Å². The zero-order valence-electron chi connectivity index (χ0n) is 18.9. The van der Waals surface area contributed by atoms with Gasteiger partial charge in [0.05, 0.1) is 19.0 Å². The number of aromatic nitrogens is 3. The first kappa shape index (κ1) is 21.5. The Kier molecular flexibility index (Phi) is 5.37. The first-order valence-electron chi connectivity index (χ1n) is 10.9. The highest BCUT2D eigenvalue weighted by molar-refractivity contribution is 6.05. The van der Waals surface area contributed by atoms with Crippen LogP contribution in [-0.4, -0.2) is 32.5 Å². The monoisotopic (exact) mass is 453 g/mol. The van der Waals surface area contributed by atoms with Crippen molar-refractivity contribution in [1.29, 1.82) is 0 Å². The molecule has 0 saturated heterocycles. The molecule has 0 aliphatic carbocycles. The van der Waals surface area contributed by atoms with Crippen LogP contribution in [0, 0.1) is 6.92 Å². The van der Waals surface area contributed by atoms with Crippen LogP contribution in [0.5, 0.6) is 5.75 Å². The highest BCUT2D eigenvalue weighted by atomic mass is 16.5. The van der Waals surface area contributed by atoms with E-state index in [9.17, 15) is 14.7 Å². The Balaban J connectivity index is 1.85. The third kappa shape index (κ3) is 3.61. The maximum absolute atomic E-state index is 13.3. The van der Waals surface area contributed by atoms with Gasteiger partial charge >= 0.3 is 5.97 Å². The van der Waals surface area contributed by atoms with Crippen LogP contribution in [0.25, 0.3) is 32.9 Å². The molecule has 1 N–H and O–H groups in total. The number of benzene rings is 3. The van der Waals surface area contributed by atoms with Gasteiger partial charge in [-0.05, 0) is 36.8 Å². The molecule has 0 saturated carbocycles. The third-order valence-electron chi connectivity index (χ3n) is 6.10. The van der Waals surface area contributed by atoms with E-state index in [4.69, 9.17) is 9.84 Å². The van der Waals surface area contributed by atoms with E-state index in [0.717, 1.165) is 33.1 Å². The van der Waals surface area contributed by atoms with Crippen LogP contribution in [0.15, 0.2) is 77.6 Å². The quantitative estimate of drug-likeness (QED) is 0.410. The molecule has 7 heteroatoms. The number of nitrogens with zero attached hydrogens (tertiary/aromatic N) is 3. The summed E-state index contributed by atoms with van der Waals surface area (Å²) in [6.07, 6.45) is 0. The molecule has 0 spiro atoms. The van der Waals surface area contributed by atoms with Crippen LogP contribution in [0.1, 0.15) is 11.3 Å². The molecule has 5 rings (SSSR count). The van der Waals surface area contributed by atoms with Crippen LogP contribution in [0.2, 0.25) is 0 Å². The fraction of sp³-hybridized carbons (Fsp3) is 0.148. The average molecular weight is 453 g/mol. The van der Waals surface area contributed by atoms with Crippen molar-refractivity contribution in [3.8, 4) is 17.0 Å². The van der Waals surface area contributed by atoms with E-state index in [0.29, 0.717) is 23.4 Å². The Morgan fingerprint density at radius 1 is 0.971 bits per heavy atom. The first-order valence-corrected chi connectivity index (χ1v) is 10.9. The predicted octanol–water partition coefficient (Wildman–Crippen LogP) is 4.47. The lowest BCUT2D eigenvalue weighted by Gasteiger charge is -2.12. The second-order valence-electron chi connectivity index (χ2n) is 8.17. The molecule has 34 heavy (non-hydrogen) atoms. The summed E-state index contributed by atoms with van der Waals surface area (Å²) in [5.41, 5.74) is 3.73. The minimum absolute atomic E-state index is 0.173. The summed E-state index contributed by atoms with van der Waals surface area (Å²) in [7, 11) is 1.59. The molecule has 7 nitrogen and oxygen atoms in total. The summed E-state index contributed by atoms with van der Waals surface area (Å²) in [5.74, 6) is -0.280. The summed E-state index contributed by atoms with van der Waals surface area (Å²) in [6, 6.07) is 22.7. The van der Waals surface area contributed by atoms with E-state index >= 15 is 0 Å². The highest BCUT2D eigenvalue weighted by Gasteiger charge is 2.22. The number of carboxylic acids is 1. The van der Waals surface area contributed by atoms with Gasteiger partial charge in [0.15, 0.2) is 0 Å². The normalized spacial score (nSPS) is 11.2. The van der Waals surface area contributed by atoms with Crippen molar-refractivity contribution in [3.63, 3.8) is 0 Å². The molecular weight excluding hydrogens is 430 g/mol. The molecule has 170 valence electrons. The maximum Gasteiger partial charge on any atom is 0.323 e. The number of carbonyl (C=O) groups is 1. The van der Waals surface area contributed by atoms with Gasteiger partial charge in [0, 0.05) is 27.5 Å². The van der Waals surface area contributed by atoms with Gasteiger partial charge in [-0.1, -0.05) is 48.5 Å². The summed E-state index contributed by atoms with van der Waals surface area (Å²) in [4.78, 5) is 25.0. The molecule has 5 aromatic rings. The number of hydrogen-bond acceptors (Lipinski definition) is 4. The number of aliphatic carboxylic acids is 1. The second-order valence-corrected chi connectivity index (χ2v) is 8.17. The number of ether oxygens (including phenoxy) is 1. The largest absolute Gasteiger partial charge is 0.497 e. The molecule has 0 bridgehead atoms. The minimum atomic E-state index is -0.936. The summed E-state index contributed by atoms with van der Waals surface area (Å²) in [5, 5.41) is 16.5. The number of rotatable bonds is 6. The lowest BCUT2D eigenvalue weighted by Crippen LogP contribution is -2.24. The lowest BCUT2D eigenvalue weighted by molar-refractivity contribution is -0.137. The van der Waals surface area contributed by atoms with Gasteiger partial charge in [-0.25, -0.2) is 4.68 Å². The van der Waals surface area contributed by atoms with Crippen molar-refractivity contribution in [2.24, 2.45) is 0 Å². The number of hydrogen-bond donors (Lipinski definition) is 1. The van der Waals surface area contributed by atoms with Crippen LogP contribution in [-0.2, 0) is 17.9 Å². The molecule has 0 fully saturated rings. The van der Waals surface area contributed by atoms with Gasteiger partial charge in [0.25, 0.3) is 5.56 Å². The Morgan fingerprint density at radius 2 is 1.68 bits per heavy atom. The third-order valence-corrected chi connectivity index (χ3v) is 6.10. The molecule has 0 atom stereocenters. The zero-order valence-corrected chi connectivity index (χ0v) is 18.9. The Morgan fingerprint density at radius 3 is 2.38 bits per heavy atom. The van der Waals surface area contributed by atoms with Crippen molar-refractivity contribution in [3.05, 3.63) is 94.4 Å². The molecule has 3 aromatic carbocycles. The maximum atomic E-state index is 13.3. The summed E-state index contributed by atoms with van der Waals surface area (Å²) >= 11 is 0. The topological polar surface area (TPSA) is 86.4 Å². The Hall–Kier alpha value is -4.39. The number of carboxylic acid groups (broad SMARTS) is 1.